The van der Waals surface area contributed by atoms with Crippen LogP contribution in [0.3, 0.4) is 0 Å². The summed E-state index contributed by atoms with van der Waals surface area (Å²) in [5, 5.41) is 0.294. The lowest BCUT2D eigenvalue weighted by atomic mass is 9.89. The van der Waals surface area contributed by atoms with Crippen molar-refractivity contribution in [1.29, 1.82) is 0 Å². The molecule has 0 saturated carbocycles. The zero-order chi connectivity index (χ0) is 12.8. The number of nitrogens with one attached hydrogen (secondary N) is 1. The first kappa shape index (κ1) is 11.8. The van der Waals surface area contributed by atoms with E-state index in [0.29, 0.717) is 22.9 Å². The van der Waals surface area contributed by atoms with Crippen molar-refractivity contribution in [3.05, 3.63) is 35.0 Å². The van der Waals surface area contributed by atoms with Gasteiger partial charge in [0.15, 0.2) is 6.29 Å². The molecule has 1 heterocycles. The standard InChI is InChI=1S/C13H13F2NO/c1-13(2,3)12-9(6-17)8-4-7(14)5-10(15)11(8)16-12/h4-6,16H,1-3H3. The van der Waals surface area contributed by atoms with Crippen molar-refractivity contribution in [2.24, 2.45) is 0 Å². The number of aromatic amines is 1. The van der Waals surface area contributed by atoms with Crippen LogP contribution in [0, 0.1) is 11.6 Å². The van der Waals surface area contributed by atoms with Crippen molar-refractivity contribution in [2.45, 2.75) is 26.2 Å². The molecule has 0 fully saturated rings. The predicted molar refractivity (Wildman–Crippen MR) is 62.3 cm³/mol. The van der Waals surface area contributed by atoms with Crippen LogP contribution in [0.15, 0.2) is 12.1 Å². The molecule has 0 amide bonds. The molecular weight excluding hydrogens is 224 g/mol. The number of carbonyl (C=O) groups excluding carboxylic acids is 1. The predicted octanol–water partition coefficient (Wildman–Crippen LogP) is 3.56. The molecular formula is C13H13F2NO. The fourth-order valence-corrected chi connectivity index (χ4v) is 1.95. The highest BCUT2D eigenvalue weighted by Crippen LogP contribution is 2.31. The first-order valence-electron chi connectivity index (χ1n) is 5.31. The molecule has 1 aromatic carbocycles. The Bertz CT molecular complexity index is 593. The number of fused-ring (bicyclic) bond motifs is 1. The lowest BCUT2D eigenvalue weighted by Gasteiger charge is -2.17. The van der Waals surface area contributed by atoms with Crippen molar-refractivity contribution < 1.29 is 13.6 Å². The zero-order valence-corrected chi connectivity index (χ0v) is 9.90. The van der Waals surface area contributed by atoms with Crippen LogP contribution in [-0.4, -0.2) is 11.3 Å². The molecule has 1 N–H and O–H groups in total. The Balaban J connectivity index is 2.90. The Morgan fingerprint density at radius 2 is 1.88 bits per heavy atom. The molecule has 0 aliphatic heterocycles. The normalized spacial score (nSPS) is 12.1. The third-order valence-corrected chi connectivity index (χ3v) is 2.73. The summed E-state index contributed by atoms with van der Waals surface area (Å²) < 4.78 is 26.7. The van der Waals surface area contributed by atoms with Crippen LogP contribution >= 0.6 is 0 Å². The van der Waals surface area contributed by atoms with E-state index in [-0.39, 0.29) is 10.9 Å². The van der Waals surface area contributed by atoms with Gasteiger partial charge < -0.3 is 4.98 Å². The smallest absolute Gasteiger partial charge is 0.152 e. The van der Waals surface area contributed by atoms with Gasteiger partial charge >= 0.3 is 0 Å². The minimum absolute atomic E-state index is 0.179. The summed E-state index contributed by atoms with van der Waals surface area (Å²) >= 11 is 0. The van der Waals surface area contributed by atoms with Crippen LogP contribution in [0.4, 0.5) is 8.78 Å². The molecule has 4 heteroatoms. The van der Waals surface area contributed by atoms with Crippen molar-refractivity contribution in [3.8, 4) is 0 Å². The van der Waals surface area contributed by atoms with E-state index in [9.17, 15) is 13.6 Å². The van der Waals surface area contributed by atoms with Crippen molar-refractivity contribution >= 4 is 17.2 Å². The summed E-state index contributed by atoms with van der Waals surface area (Å²) in [7, 11) is 0. The number of carbonyl (C=O) groups is 1. The lowest BCUT2D eigenvalue weighted by molar-refractivity contribution is 0.112. The quantitative estimate of drug-likeness (QED) is 0.756. The van der Waals surface area contributed by atoms with Gasteiger partial charge in [0.1, 0.15) is 11.6 Å². The monoisotopic (exact) mass is 237 g/mol. The van der Waals surface area contributed by atoms with Gasteiger partial charge in [0.05, 0.1) is 5.52 Å². The molecule has 0 saturated heterocycles. The largest absolute Gasteiger partial charge is 0.355 e. The summed E-state index contributed by atoms with van der Waals surface area (Å²) in [6.07, 6.45) is 0.637. The molecule has 0 radical (unpaired) electrons. The molecule has 2 aromatic rings. The second-order valence-electron chi connectivity index (χ2n) is 5.09. The number of halogens is 2. The molecule has 0 bridgehead atoms. The van der Waals surface area contributed by atoms with Gasteiger partial charge in [-0.2, -0.15) is 0 Å². The molecule has 2 nitrogen and oxygen atoms in total. The Labute approximate surface area is 97.6 Å². The lowest BCUT2D eigenvalue weighted by Crippen LogP contribution is -2.13. The van der Waals surface area contributed by atoms with Crippen LogP contribution < -0.4 is 0 Å². The molecule has 0 spiro atoms. The van der Waals surface area contributed by atoms with Crippen molar-refractivity contribution in [1.82, 2.24) is 4.98 Å². The number of hydrogen-bond donors (Lipinski definition) is 1. The van der Waals surface area contributed by atoms with Crippen molar-refractivity contribution in [3.63, 3.8) is 0 Å². The van der Waals surface area contributed by atoms with E-state index < -0.39 is 11.6 Å². The number of H-pyrrole nitrogens is 1. The van der Waals surface area contributed by atoms with Crippen LogP contribution in [0.5, 0.6) is 0 Å². The molecule has 17 heavy (non-hydrogen) atoms. The van der Waals surface area contributed by atoms with Gasteiger partial charge in [-0.25, -0.2) is 8.78 Å². The highest BCUT2D eigenvalue weighted by atomic mass is 19.1. The molecule has 0 unspecified atom stereocenters. The number of benzene rings is 1. The van der Waals surface area contributed by atoms with Crippen LogP contribution in [0.25, 0.3) is 10.9 Å². The second kappa shape index (κ2) is 3.65. The summed E-state index contributed by atoms with van der Waals surface area (Å²) in [5.41, 5.74) is 0.786. The minimum atomic E-state index is -0.683. The molecule has 2 rings (SSSR count). The van der Waals surface area contributed by atoms with Crippen LogP contribution in [-0.2, 0) is 5.41 Å². The first-order chi connectivity index (χ1) is 7.84. The maximum atomic E-state index is 13.6. The van der Waals surface area contributed by atoms with Crippen LogP contribution in [0.2, 0.25) is 0 Å². The Morgan fingerprint density at radius 3 is 2.41 bits per heavy atom. The van der Waals surface area contributed by atoms with Gasteiger partial charge in [-0.05, 0) is 6.07 Å². The first-order valence-corrected chi connectivity index (χ1v) is 5.31. The number of aromatic nitrogens is 1. The van der Waals surface area contributed by atoms with Gasteiger partial charge in [-0.15, -0.1) is 0 Å². The third-order valence-electron chi connectivity index (χ3n) is 2.73. The topological polar surface area (TPSA) is 32.9 Å². The molecule has 0 atom stereocenters. The maximum absolute atomic E-state index is 13.6. The van der Waals surface area contributed by atoms with Gasteiger partial charge in [-0.3, -0.25) is 4.79 Å². The minimum Gasteiger partial charge on any atom is -0.355 e. The summed E-state index contributed by atoms with van der Waals surface area (Å²) in [4.78, 5) is 14.0. The fraction of sp³-hybridized carbons (Fsp3) is 0.308. The van der Waals surface area contributed by atoms with Gasteiger partial charge in [0.25, 0.3) is 0 Å². The highest BCUT2D eigenvalue weighted by Gasteiger charge is 2.23. The summed E-state index contributed by atoms with van der Waals surface area (Å²) in [6, 6.07) is 1.98. The van der Waals surface area contributed by atoms with Gasteiger partial charge in [0.2, 0.25) is 0 Å². The van der Waals surface area contributed by atoms with E-state index in [4.69, 9.17) is 0 Å². The molecule has 0 aliphatic carbocycles. The fourth-order valence-electron chi connectivity index (χ4n) is 1.95. The maximum Gasteiger partial charge on any atom is 0.152 e. The van der Waals surface area contributed by atoms with Gasteiger partial charge in [0, 0.05) is 28.1 Å². The summed E-state index contributed by atoms with van der Waals surface area (Å²) in [5.74, 6) is -1.36. The van der Waals surface area contributed by atoms with Crippen LogP contribution in [0.1, 0.15) is 36.8 Å². The zero-order valence-electron chi connectivity index (χ0n) is 9.90. The van der Waals surface area contributed by atoms with E-state index in [1.807, 2.05) is 20.8 Å². The average Bonchev–Trinajstić information content (AvgIpc) is 2.55. The van der Waals surface area contributed by atoms with E-state index in [1.165, 1.54) is 6.07 Å². The van der Waals surface area contributed by atoms with Gasteiger partial charge in [-0.1, -0.05) is 20.8 Å². The third kappa shape index (κ3) is 1.84. The Kier molecular flexibility index (Phi) is 2.53. The van der Waals surface area contributed by atoms with E-state index in [1.54, 1.807) is 0 Å². The number of rotatable bonds is 1. The Morgan fingerprint density at radius 1 is 1.24 bits per heavy atom. The average molecular weight is 237 g/mol. The summed E-state index contributed by atoms with van der Waals surface area (Å²) in [6.45, 7) is 5.71. The SMILES string of the molecule is CC(C)(C)c1[nH]c2c(F)cc(F)cc2c1C=O. The van der Waals surface area contributed by atoms with Crippen molar-refractivity contribution in [2.75, 3.05) is 0 Å². The molecule has 90 valence electrons. The highest BCUT2D eigenvalue weighted by molar-refractivity contribution is 5.99. The van der Waals surface area contributed by atoms with E-state index >= 15 is 0 Å². The molecule has 1 aromatic heterocycles. The Hall–Kier alpha value is -1.71. The van der Waals surface area contributed by atoms with E-state index in [2.05, 4.69) is 4.98 Å². The number of aldehydes is 1. The number of hydrogen-bond acceptors (Lipinski definition) is 1. The second-order valence-corrected chi connectivity index (χ2v) is 5.09. The van der Waals surface area contributed by atoms with E-state index in [0.717, 1.165) is 6.07 Å². The molecule has 0 aliphatic rings.